The molecular weight excluding hydrogens is 508 g/mol. The fourth-order valence-electron chi connectivity index (χ4n) is 2.92. The van der Waals surface area contributed by atoms with Gasteiger partial charge < -0.3 is 10.1 Å². The third kappa shape index (κ3) is 5.12. The molecule has 0 aliphatic rings. The molecule has 0 spiro atoms. The molecule has 2 aromatic carbocycles. The van der Waals surface area contributed by atoms with Crippen LogP contribution in [0.2, 0.25) is 5.02 Å². The van der Waals surface area contributed by atoms with Gasteiger partial charge in [0.25, 0.3) is 11.5 Å². The summed E-state index contributed by atoms with van der Waals surface area (Å²) in [6.07, 6.45) is 2.72. The van der Waals surface area contributed by atoms with Gasteiger partial charge in [0.2, 0.25) is 5.88 Å². The summed E-state index contributed by atoms with van der Waals surface area (Å²) in [5, 5.41) is 12.7. The highest BCUT2D eigenvalue weighted by Gasteiger charge is 2.17. The minimum Gasteiger partial charge on any atom is -0.438 e. The first kappa shape index (κ1) is 22.3. The molecule has 0 radical (unpaired) electrons. The zero-order chi connectivity index (χ0) is 23.4. The average molecular weight is 522 g/mol. The van der Waals surface area contributed by atoms with Crippen LogP contribution in [0.5, 0.6) is 11.6 Å². The first-order valence-corrected chi connectivity index (χ1v) is 10.8. The molecule has 4 aromatic rings. The van der Waals surface area contributed by atoms with Crippen molar-refractivity contribution in [3.8, 4) is 17.7 Å². The second kappa shape index (κ2) is 9.69. The third-order valence-corrected chi connectivity index (χ3v) is 5.30. The van der Waals surface area contributed by atoms with E-state index in [2.05, 4.69) is 26.2 Å². The molecule has 1 amide bonds. The van der Waals surface area contributed by atoms with Crippen molar-refractivity contribution in [2.24, 2.45) is 0 Å². The molecule has 0 unspecified atom stereocenters. The van der Waals surface area contributed by atoms with Crippen molar-refractivity contribution in [2.75, 3.05) is 5.32 Å². The number of pyridine rings is 1. The lowest BCUT2D eigenvalue weighted by molar-refractivity contribution is -0.112. The van der Waals surface area contributed by atoms with Crippen LogP contribution in [0.3, 0.4) is 0 Å². The number of amides is 1. The molecule has 0 aliphatic heterocycles. The van der Waals surface area contributed by atoms with E-state index >= 15 is 0 Å². The van der Waals surface area contributed by atoms with E-state index in [4.69, 9.17) is 16.3 Å². The number of nitriles is 1. The summed E-state index contributed by atoms with van der Waals surface area (Å²) in [4.78, 5) is 30.3. The number of nitrogens with zero attached hydrogens (tertiary/aromatic N) is 3. The van der Waals surface area contributed by atoms with Crippen molar-refractivity contribution in [2.45, 2.75) is 0 Å². The Morgan fingerprint density at radius 1 is 1.12 bits per heavy atom. The molecule has 0 fully saturated rings. The lowest BCUT2D eigenvalue weighted by atomic mass is 10.1. The Hall–Kier alpha value is -3.93. The van der Waals surface area contributed by atoms with E-state index < -0.39 is 11.5 Å². The van der Waals surface area contributed by atoms with E-state index in [1.807, 2.05) is 6.07 Å². The molecule has 0 atom stereocenters. The van der Waals surface area contributed by atoms with Gasteiger partial charge in [-0.25, -0.2) is 0 Å². The van der Waals surface area contributed by atoms with Crippen molar-refractivity contribution in [1.82, 2.24) is 9.38 Å². The molecule has 0 saturated carbocycles. The topological polar surface area (TPSA) is 96.5 Å². The van der Waals surface area contributed by atoms with Crippen LogP contribution in [0.25, 0.3) is 11.7 Å². The van der Waals surface area contributed by atoms with Crippen LogP contribution in [-0.4, -0.2) is 15.3 Å². The second-order valence-corrected chi connectivity index (χ2v) is 8.10. The summed E-state index contributed by atoms with van der Waals surface area (Å²) >= 11 is 9.22. The summed E-state index contributed by atoms with van der Waals surface area (Å²) in [6, 6.07) is 20.3. The Bertz CT molecular complexity index is 1470. The van der Waals surface area contributed by atoms with Crippen LogP contribution in [0.15, 0.2) is 87.8 Å². The maximum absolute atomic E-state index is 13.2. The van der Waals surface area contributed by atoms with Crippen molar-refractivity contribution < 1.29 is 9.53 Å². The van der Waals surface area contributed by atoms with Crippen LogP contribution < -0.4 is 15.6 Å². The van der Waals surface area contributed by atoms with E-state index in [1.165, 1.54) is 10.5 Å². The van der Waals surface area contributed by atoms with Gasteiger partial charge in [0.1, 0.15) is 28.6 Å². The van der Waals surface area contributed by atoms with Gasteiger partial charge in [-0.2, -0.15) is 10.2 Å². The van der Waals surface area contributed by atoms with Crippen LogP contribution in [0.1, 0.15) is 5.56 Å². The number of ether oxygens (including phenoxy) is 1. The number of aromatic nitrogens is 2. The van der Waals surface area contributed by atoms with Crippen LogP contribution in [0.4, 0.5) is 5.69 Å². The normalized spacial score (nSPS) is 11.1. The van der Waals surface area contributed by atoms with E-state index in [0.717, 1.165) is 4.47 Å². The van der Waals surface area contributed by atoms with Crippen molar-refractivity contribution >= 4 is 50.8 Å². The number of benzene rings is 2. The van der Waals surface area contributed by atoms with Crippen molar-refractivity contribution in [3.05, 3.63) is 104 Å². The SMILES string of the molecule is N#C/C(=C/c1c(Oc2ccc(Br)cc2)nc2ccccn2c1=O)C(=O)Nc1ccc(Cl)cc1. The maximum atomic E-state index is 13.2. The number of fused-ring (bicyclic) bond motifs is 1. The largest absolute Gasteiger partial charge is 0.438 e. The smallest absolute Gasteiger partial charge is 0.269 e. The molecule has 0 saturated heterocycles. The predicted molar refractivity (Wildman–Crippen MR) is 129 cm³/mol. The number of hydrogen-bond donors (Lipinski definition) is 1. The Balaban J connectivity index is 1.78. The maximum Gasteiger partial charge on any atom is 0.269 e. The first-order valence-electron chi connectivity index (χ1n) is 9.58. The summed E-state index contributed by atoms with van der Waals surface area (Å²) in [6.45, 7) is 0. The van der Waals surface area contributed by atoms with Crippen molar-refractivity contribution in [3.63, 3.8) is 0 Å². The second-order valence-electron chi connectivity index (χ2n) is 6.75. The number of halogens is 2. The number of rotatable bonds is 5. The predicted octanol–water partition coefficient (Wildman–Crippen LogP) is 5.45. The molecule has 4 rings (SSSR count). The van der Waals surface area contributed by atoms with Crippen molar-refractivity contribution in [1.29, 1.82) is 5.26 Å². The number of carbonyl (C=O) groups excluding carboxylic acids is 1. The summed E-state index contributed by atoms with van der Waals surface area (Å²) in [5.41, 5.74) is -0.00861. The zero-order valence-electron chi connectivity index (χ0n) is 16.8. The lowest BCUT2D eigenvalue weighted by Gasteiger charge is -2.10. The summed E-state index contributed by atoms with van der Waals surface area (Å²) in [5.74, 6) is -0.281. The molecule has 2 heterocycles. The standard InChI is InChI=1S/C24H14BrClN4O3/c25-16-4-10-19(11-5-16)33-23-20(24(32)30-12-2-1-3-21(30)29-23)13-15(14-27)22(31)28-18-8-6-17(26)7-9-18/h1-13H,(H,28,31)/b15-13-. The number of nitrogens with one attached hydrogen (secondary N) is 1. The number of carbonyl (C=O) groups is 1. The highest BCUT2D eigenvalue weighted by atomic mass is 79.9. The minimum absolute atomic E-state index is 0.0273. The molecule has 9 heteroatoms. The quantitative estimate of drug-likeness (QED) is 0.278. The van der Waals surface area contributed by atoms with E-state index in [-0.39, 0.29) is 17.0 Å². The van der Waals surface area contributed by atoms with E-state index in [1.54, 1.807) is 72.9 Å². The summed E-state index contributed by atoms with van der Waals surface area (Å²) in [7, 11) is 0. The zero-order valence-corrected chi connectivity index (χ0v) is 19.2. The molecule has 1 N–H and O–H groups in total. The van der Waals surface area contributed by atoms with Gasteiger partial charge in [0.15, 0.2) is 0 Å². The first-order chi connectivity index (χ1) is 15.9. The average Bonchev–Trinajstić information content (AvgIpc) is 2.82. The Labute approximate surface area is 201 Å². The monoisotopic (exact) mass is 520 g/mol. The van der Waals surface area contributed by atoms with Gasteiger partial charge in [-0.3, -0.25) is 14.0 Å². The van der Waals surface area contributed by atoms with Gasteiger partial charge in [0, 0.05) is 21.4 Å². The lowest BCUT2D eigenvalue weighted by Crippen LogP contribution is -2.20. The molecule has 33 heavy (non-hydrogen) atoms. The van der Waals surface area contributed by atoms with Crippen LogP contribution in [-0.2, 0) is 4.79 Å². The number of hydrogen-bond acceptors (Lipinski definition) is 5. The molecule has 0 bridgehead atoms. The molecule has 162 valence electrons. The molecule has 7 nitrogen and oxygen atoms in total. The van der Waals surface area contributed by atoms with E-state index in [0.29, 0.717) is 22.1 Å². The summed E-state index contributed by atoms with van der Waals surface area (Å²) < 4.78 is 8.03. The molecular formula is C24H14BrClN4O3. The van der Waals surface area contributed by atoms with E-state index in [9.17, 15) is 14.9 Å². The fourth-order valence-corrected chi connectivity index (χ4v) is 3.31. The minimum atomic E-state index is -0.688. The number of anilines is 1. The van der Waals surface area contributed by atoms with Gasteiger partial charge >= 0.3 is 0 Å². The highest BCUT2D eigenvalue weighted by Crippen LogP contribution is 2.25. The highest BCUT2D eigenvalue weighted by molar-refractivity contribution is 9.10. The van der Waals surface area contributed by atoms with Crippen LogP contribution >= 0.6 is 27.5 Å². The van der Waals surface area contributed by atoms with Gasteiger partial charge in [0.05, 0.1) is 0 Å². The molecule has 2 aromatic heterocycles. The van der Waals surface area contributed by atoms with Gasteiger partial charge in [-0.1, -0.05) is 33.6 Å². The van der Waals surface area contributed by atoms with Gasteiger partial charge in [-0.05, 0) is 66.7 Å². The third-order valence-electron chi connectivity index (χ3n) is 4.52. The Morgan fingerprint density at radius 3 is 2.55 bits per heavy atom. The van der Waals surface area contributed by atoms with Crippen LogP contribution in [0, 0.1) is 11.3 Å². The molecule has 0 aliphatic carbocycles. The fraction of sp³-hybridized carbons (Fsp3) is 0. The van der Waals surface area contributed by atoms with Gasteiger partial charge in [-0.15, -0.1) is 0 Å². The Morgan fingerprint density at radius 2 is 1.85 bits per heavy atom. The Kier molecular flexibility index (Phi) is 6.54.